The van der Waals surface area contributed by atoms with Crippen molar-refractivity contribution in [3.63, 3.8) is 0 Å². The summed E-state index contributed by atoms with van der Waals surface area (Å²) in [5, 5.41) is 5.73. The van der Waals surface area contributed by atoms with E-state index in [0.717, 1.165) is 52.9 Å². The molecule has 5 heteroatoms. The normalized spacial score (nSPS) is 23.4. The Labute approximate surface area is 223 Å². The predicted molar refractivity (Wildman–Crippen MR) is 155 cm³/mol. The van der Waals surface area contributed by atoms with E-state index >= 15 is 0 Å². The second kappa shape index (κ2) is 7.43. The zero-order valence-corrected chi connectivity index (χ0v) is 23.1. The Morgan fingerprint density at radius 2 is 1.53 bits per heavy atom. The molecule has 2 aliphatic rings. The molecule has 2 heterocycles. The van der Waals surface area contributed by atoms with Crippen molar-refractivity contribution >= 4 is 44.4 Å². The van der Waals surface area contributed by atoms with Gasteiger partial charge in [0.05, 0.1) is 27.8 Å². The third-order valence-corrected chi connectivity index (χ3v) is 10.4. The van der Waals surface area contributed by atoms with Crippen LogP contribution in [0.1, 0.15) is 63.1 Å². The molecule has 0 spiro atoms. The number of hydrogen-bond acceptors (Lipinski definition) is 3. The average molecular weight is 503 g/mol. The van der Waals surface area contributed by atoms with Gasteiger partial charge in [-0.25, -0.2) is 9.97 Å². The molecule has 3 aromatic carbocycles. The van der Waals surface area contributed by atoms with Gasteiger partial charge in [-0.3, -0.25) is 4.79 Å². The van der Waals surface area contributed by atoms with E-state index in [9.17, 15) is 4.79 Å². The summed E-state index contributed by atoms with van der Waals surface area (Å²) in [6.07, 6.45) is 1.70. The van der Waals surface area contributed by atoms with Gasteiger partial charge in [0.1, 0.15) is 0 Å². The van der Waals surface area contributed by atoms with Gasteiger partial charge in [0.2, 0.25) is 5.91 Å². The molecule has 1 N–H and O–H groups in total. The highest BCUT2D eigenvalue weighted by molar-refractivity contribution is 6.10. The Morgan fingerprint density at radius 1 is 0.868 bits per heavy atom. The molecule has 0 saturated heterocycles. The second-order valence-electron chi connectivity index (χ2n) is 12.2. The molecule has 2 aliphatic carbocycles. The van der Waals surface area contributed by atoms with Crippen LogP contribution in [-0.4, -0.2) is 20.4 Å². The minimum atomic E-state index is -0.733. The van der Waals surface area contributed by atoms with Gasteiger partial charge in [0.25, 0.3) is 0 Å². The van der Waals surface area contributed by atoms with Crippen molar-refractivity contribution in [2.24, 2.45) is 5.41 Å². The minimum Gasteiger partial charge on any atom is -0.341 e. The molecular formula is C33H34N4O. The van der Waals surface area contributed by atoms with E-state index in [1.54, 1.807) is 0 Å². The lowest BCUT2D eigenvalue weighted by atomic mass is 9.63. The number of amides is 1. The van der Waals surface area contributed by atoms with Crippen molar-refractivity contribution in [2.45, 2.75) is 71.8 Å². The van der Waals surface area contributed by atoms with Crippen molar-refractivity contribution in [1.29, 1.82) is 0 Å². The van der Waals surface area contributed by atoms with Crippen LogP contribution in [0.15, 0.2) is 54.6 Å². The fourth-order valence-electron chi connectivity index (χ4n) is 7.57. The third-order valence-electron chi connectivity index (χ3n) is 10.4. The molecule has 2 unspecified atom stereocenters. The van der Waals surface area contributed by atoms with E-state index in [2.05, 4.69) is 100.0 Å². The summed E-state index contributed by atoms with van der Waals surface area (Å²) in [6, 6.07) is 19.0. The summed E-state index contributed by atoms with van der Waals surface area (Å²) in [7, 11) is 0. The first-order valence-electron chi connectivity index (χ1n) is 13.7. The first kappa shape index (κ1) is 23.4. The lowest BCUT2D eigenvalue weighted by Crippen LogP contribution is -2.48. The highest BCUT2D eigenvalue weighted by Crippen LogP contribution is 2.70. The van der Waals surface area contributed by atoms with Gasteiger partial charge < -0.3 is 9.88 Å². The molecule has 0 aliphatic heterocycles. The summed E-state index contributed by atoms with van der Waals surface area (Å²) in [6.45, 7) is 14.0. The fraction of sp³-hybridized carbons (Fsp3) is 0.364. The number of para-hydroxylation sites is 1. The summed E-state index contributed by atoms with van der Waals surface area (Å²) in [5.41, 5.74) is 8.04. The Balaban J connectivity index is 1.37. The largest absolute Gasteiger partial charge is 0.341 e. The van der Waals surface area contributed by atoms with E-state index < -0.39 is 5.41 Å². The quantitative estimate of drug-likeness (QED) is 0.281. The van der Waals surface area contributed by atoms with Crippen LogP contribution in [0, 0.1) is 19.3 Å². The molecule has 192 valence electrons. The van der Waals surface area contributed by atoms with Gasteiger partial charge in [-0.05, 0) is 86.6 Å². The van der Waals surface area contributed by atoms with Crippen LogP contribution in [-0.2, 0) is 22.2 Å². The number of fused-ring (bicyclic) bond motifs is 9. The van der Waals surface area contributed by atoms with E-state index in [1.807, 2.05) is 6.07 Å². The van der Waals surface area contributed by atoms with Crippen molar-refractivity contribution < 1.29 is 4.79 Å². The number of aryl methyl sites for hydroxylation is 3. The van der Waals surface area contributed by atoms with Crippen LogP contribution >= 0.6 is 0 Å². The molecule has 1 fully saturated rings. The number of nitrogens with one attached hydrogen (secondary N) is 1. The summed E-state index contributed by atoms with van der Waals surface area (Å²) < 4.78 is 2.33. The Kier molecular flexibility index (Phi) is 4.58. The maximum absolute atomic E-state index is 14.4. The van der Waals surface area contributed by atoms with Crippen LogP contribution in [0.4, 0.5) is 5.69 Å². The van der Waals surface area contributed by atoms with E-state index in [-0.39, 0.29) is 16.7 Å². The smallest absolute Gasteiger partial charge is 0.237 e. The van der Waals surface area contributed by atoms with Gasteiger partial charge in [-0.15, -0.1) is 0 Å². The molecule has 38 heavy (non-hydrogen) atoms. The van der Waals surface area contributed by atoms with Crippen molar-refractivity contribution in [2.75, 3.05) is 5.32 Å². The lowest BCUT2D eigenvalue weighted by molar-refractivity contribution is -0.125. The molecule has 2 aromatic heterocycles. The monoisotopic (exact) mass is 502 g/mol. The standard InChI is InChI=1S/C33H34N4O/c1-7-37-26-11-9-8-10-22(26)23-18-21(12-13-27(23)37)34-30(38)33-15-14-32(6,31(33,4)5)28-29(33)36-25-17-20(3)19(2)16-24(25)35-28/h8-13,16-18H,7,14-15H2,1-6H3,(H,34,38). The lowest BCUT2D eigenvalue weighted by Gasteiger charge is -2.39. The Morgan fingerprint density at radius 3 is 2.24 bits per heavy atom. The number of carbonyl (C=O) groups excluding carboxylic acids is 1. The molecule has 7 rings (SSSR count). The number of nitrogens with zero attached hydrogens (tertiary/aromatic N) is 3. The van der Waals surface area contributed by atoms with Gasteiger partial charge in [0.15, 0.2) is 0 Å². The number of anilines is 1. The van der Waals surface area contributed by atoms with Crippen LogP contribution in [0.2, 0.25) is 0 Å². The zero-order valence-electron chi connectivity index (χ0n) is 23.1. The topological polar surface area (TPSA) is 59.8 Å². The molecule has 5 aromatic rings. The maximum Gasteiger partial charge on any atom is 0.237 e. The van der Waals surface area contributed by atoms with E-state index in [1.165, 1.54) is 27.5 Å². The second-order valence-corrected chi connectivity index (χ2v) is 12.2. The molecule has 0 radical (unpaired) electrons. The first-order chi connectivity index (χ1) is 18.1. The van der Waals surface area contributed by atoms with Crippen molar-refractivity contribution in [3.8, 4) is 0 Å². The predicted octanol–water partition coefficient (Wildman–Crippen LogP) is 7.34. The van der Waals surface area contributed by atoms with Crippen LogP contribution < -0.4 is 5.32 Å². The van der Waals surface area contributed by atoms with Gasteiger partial charge in [-0.1, -0.05) is 39.0 Å². The SMILES string of the molecule is CCn1c2ccccc2c2cc(NC(=O)C34CCC(C)(c5nc6cc(C)c(C)cc6nc53)C4(C)C)ccc21. The summed E-state index contributed by atoms with van der Waals surface area (Å²) >= 11 is 0. The number of carbonyl (C=O) groups is 1. The molecular weight excluding hydrogens is 468 g/mol. The van der Waals surface area contributed by atoms with Gasteiger partial charge >= 0.3 is 0 Å². The Bertz CT molecular complexity index is 1830. The fourth-order valence-corrected chi connectivity index (χ4v) is 7.57. The van der Waals surface area contributed by atoms with Crippen molar-refractivity contribution in [3.05, 3.63) is 77.1 Å². The molecule has 2 bridgehead atoms. The van der Waals surface area contributed by atoms with Gasteiger partial charge in [0, 0.05) is 39.5 Å². The number of rotatable bonds is 3. The van der Waals surface area contributed by atoms with Crippen LogP contribution in [0.5, 0.6) is 0 Å². The minimum absolute atomic E-state index is 0.0287. The number of hydrogen-bond donors (Lipinski definition) is 1. The van der Waals surface area contributed by atoms with E-state index in [0.29, 0.717) is 0 Å². The molecule has 5 nitrogen and oxygen atoms in total. The molecule has 1 saturated carbocycles. The maximum atomic E-state index is 14.4. The average Bonchev–Trinajstić information content (AvgIpc) is 3.37. The summed E-state index contributed by atoms with van der Waals surface area (Å²) in [5.74, 6) is 0.0287. The summed E-state index contributed by atoms with van der Waals surface area (Å²) in [4.78, 5) is 24.8. The van der Waals surface area contributed by atoms with Gasteiger partial charge in [-0.2, -0.15) is 0 Å². The highest BCUT2D eigenvalue weighted by Gasteiger charge is 2.73. The van der Waals surface area contributed by atoms with E-state index in [4.69, 9.17) is 9.97 Å². The number of aromatic nitrogens is 3. The molecule has 1 amide bonds. The third kappa shape index (κ3) is 2.64. The van der Waals surface area contributed by atoms with Crippen LogP contribution in [0.3, 0.4) is 0 Å². The Hall–Kier alpha value is -3.73. The van der Waals surface area contributed by atoms with Crippen LogP contribution in [0.25, 0.3) is 32.8 Å². The first-order valence-corrected chi connectivity index (χ1v) is 13.7. The zero-order chi connectivity index (χ0) is 26.6. The van der Waals surface area contributed by atoms with Crippen molar-refractivity contribution in [1.82, 2.24) is 14.5 Å². The number of benzene rings is 3. The molecule has 2 atom stereocenters. The highest BCUT2D eigenvalue weighted by atomic mass is 16.2.